The van der Waals surface area contributed by atoms with Crippen LogP contribution in [0, 0.1) is 10.1 Å². The van der Waals surface area contributed by atoms with Crippen LogP contribution >= 0.6 is 0 Å². The molecule has 0 spiro atoms. The van der Waals surface area contributed by atoms with Gasteiger partial charge in [-0.05, 0) is 30.2 Å². The molecule has 1 unspecified atom stereocenters. The first-order chi connectivity index (χ1) is 9.52. The van der Waals surface area contributed by atoms with E-state index >= 15 is 0 Å². The highest BCUT2D eigenvalue weighted by atomic mass is 16.6. The van der Waals surface area contributed by atoms with E-state index in [4.69, 9.17) is 10.5 Å². The van der Waals surface area contributed by atoms with Crippen LogP contribution in [0.5, 0.6) is 5.75 Å². The van der Waals surface area contributed by atoms with Gasteiger partial charge in [0.2, 0.25) is 0 Å². The lowest BCUT2D eigenvalue weighted by atomic mass is 9.99. The Labute approximate surface area is 117 Å². The van der Waals surface area contributed by atoms with E-state index in [0.717, 1.165) is 16.7 Å². The Hall–Kier alpha value is -2.40. The molecule has 0 fully saturated rings. The van der Waals surface area contributed by atoms with Crippen LogP contribution in [0.25, 0.3) is 11.1 Å². The first kappa shape index (κ1) is 14.0. The second-order valence-electron chi connectivity index (χ2n) is 4.56. The predicted molar refractivity (Wildman–Crippen MR) is 77.7 cm³/mol. The number of hydrogen-bond donors (Lipinski definition) is 1. The molecule has 0 amide bonds. The average Bonchev–Trinajstić information content (AvgIpc) is 2.46. The van der Waals surface area contributed by atoms with Gasteiger partial charge in [-0.25, -0.2) is 0 Å². The van der Waals surface area contributed by atoms with Gasteiger partial charge in [-0.2, -0.15) is 0 Å². The zero-order valence-electron chi connectivity index (χ0n) is 11.4. The number of hydrogen-bond acceptors (Lipinski definition) is 4. The molecule has 20 heavy (non-hydrogen) atoms. The van der Waals surface area contributed by atoms with Gasteiger partial charge in [0.05, 0.1) is 12.0 Å². The molecular formula is C15H16N2O3. The van der Waals surface area contributed by atoms with Crippen LogP contribution in [-0.4, -0.2) is 12.0 Å². The summed E-state index contributed by atoms with van der Waals surface area (Å²) in [6, 6.07) is 12.0. The topological polar surface area (TPSA) is 78.4 Å². The van der Waals surface area contributed by atoms with Gasteiger partial charge in [0.1, 0.15) is 5.75 Å². The molecule has 2 N–H and O–H groups in total. The summed E-state index contributed by atoms with van der Waals surface area (Å²) >= 11 is 0. The van der Waals surface area contributed by atoms with E-state index in [1.807, 2.05) is 31.2 Å². The number of benzene rings is 2. The predicted octanol–water partition coefficient (Wildman–Crippen LogP) is 3.29. The lowest BCUT2D eigenvalue weighted by molar-refractivity contribution is -0.384. The van der Waals surface area contributed by atoms with E-state index in [9.17, 15) is 10.1 Å². The minimum Gasteiger partial charge on any atom is -0.496 e. The van der Waals surface area contributed by atoms with Crippen LogP contribution in [0.2, 0.25) is 0 Å². The van der Waals surface area contributed by atoms with Crippen molar-refractivity contribution in [2.75, 3.05) is 7.11 Å². The van der Waals surface area contributed by atoms with Crippen LogP contribution in [0.4, 0.5) is 5.69 Å². The highest BCUT2D eigenvalue weighted by Gasteiger charge is 2.12. The number of nitro benzene ring substituents is 1. The van der Waals surface area contributed by atoms with Crippen molar-refractivity contribution in [3.8, 4) is 16.9 Å². The molecule has 1 atom stereocenters. The Morgan fingerprint density at radius 3 is 2.60 bits per heavy atom. The molecule has 0 aliphatic rings. The minimum absolute atomic E-state index is 0.0516. The molecular weight excluding hydrogens is 256 g/mol. The van der Waals surface area contributed by atoms with Crippen molar-refractivity contribution in [3.05, 3.63) is 58.1 Å². The van der Waals surface area contributed by atoms with Crippen LogP contribution in [0.3, 0.4) is 0 Å². The number of methoxy groups -OCH3 is 1. The maximum Gasteiger partial charge on any atom is 0.270 e. The normalized spacial score (nSPS) is 11.9. The molecule has 5 heteroatoms. The average molecular weight is 272 g/mol. The maximum atomic E-state index is 10.9. The standard InChI is InChI=1S/C15H16N2O3/c1-10(16)11-6-7-15(20-2)14(9-11)12-4-3-5-13(8-12)17(18)19/h3-10H,16H2,1-2H3. The summed E-state index contributed by atoms with van der Waals surface area (Å²) in [4.78, 5) is 10.5. The number of non-ortho nitro benzene ring substituents is 1. The molecule has 0 heterocycles. The van der Waals surface area contributed by atoms with E-state index in [1.165, 1.54) is 12.1 Å². The fourth-order valence-corrected chi connectivity index (χ4v) is 2.02. The Morgan fingerprint density at radius 1 is 1.25 bits per heavy atom. The van der Waals surface area contributed by atoms with E-state index < -0.39 is 4.92 Å². The molecule has 0 radical (unpaired) electrons. The summed E-state index contributed by atoms with van der Waals surface area (Å²) in [5.74, 6) is 0.662. The zero-order valence-corrected chi connectivity index (χ0v) is 11.4. The van der Waals surface area contributed by atoms with Gasteiger partial charge >= 0.3 is 0 Å². The lowest BCUT2D eigenvalue weighted by Gasteiger charge is -2.13. The third-order valence-electron chi connectivity index (χ3n) is 3.12. The molecule has 0 saturated carbocycles. The van der Waals surface area contributed by atoms with Gasteiger partial charge in [-0.3, -0.25) is 10.1 Å². The van der Waals surface area contributed by atoms with Crippen LogP contribution in [0.15, 0.2) is 42.5 Å². The highest BCUT2D eigenvalue weighted by molar-refractivity contribution is 5.73. The van der Waals surface area contributed by atoms with E-state index in [0.29, 0.717) is 5.75 Å². The quantitative estimate of drug-likeness (QED) is 0.684. The first-order valence-electron chi connectivity index (χ1n) is 6.21. The van der Waals surface area contributed by atoms with Crippen molar-refractivity contribution in [2.24, 2.45) is 5.73 Å². The summed E-state index contributed by atoms with van der Waals surface area (Å²) in [6.07, 6.45) is 0. The Kier molecular flexibility index (Phi) is 4.00. The Bertz CT molecular complexity index is 639. The third kappa shape index (κ3) is 2.78. The summed E-state index contributed by atoms with van der Waals surface area (Å²) < 4.78 is 5.32. The number of nitrogens with two attached hydrogens (primary N) is 1. The maximum absolute atomic E-state index is 10.9. The molecule has 5 nitrogen and oxygen atoms in total. The van der Waals surface area contributed by atoms with Crippen molar-refractivity contribution in [2.45, 2.75) is 13.0 Å². The molecule has 104 valence electrons. The first-order valence-corrected chi connectivity index (χ1v) is 6.21. The van der Waals surface area contributed by atoms with Crippen molar-refractivity contribution in [3.63, 3.8) is 0 Å². The number of ether oxygens (including phenoxy) is 1. The summed E-state index contributed by atoms with van der Waals surface area (Å²) in [5, 5.41) is 10.9. The molecule has 0 aliphatic carbocycles. The van der Waals surface area contributed by atoms with Crippen molar-refractivity contribution < 1.29 is 9.66 Å². The second-order valence-corrected chi connectivity index (χ2v) is 4.56. The van der Waals surface area contributed by atoms with Gasteiger partial charge in [0.15, 0.2) is 0 Å². The number of rotatable bonds is 4. The van der Waals surface area contributed by atoms with Gasteiger partial charge < -0.3 is 10.5 Å². The second kappa shape index (κ2) is 5.71. The summed E-state index contributed by atoms with van der Waals surface area (Å²) in [7, 11) is 1.57. The largest absolute Gasteiger partial charge is 0.496 e. The molecule has 2 rings (SSSR count). The van der Waals surface area contributed by atoms with Gasteiger partial charge in [0, 0.05) is 23.7 Å². The van der Waals surface area contributed by atoms with E-state index in [1.54, 1.807) is 13.2 Å². The van der Waals surface area contributed by atoms with E-state index in [2.05, 4.69) is 0 Å². The Balaban J connectivity index is 2.57. The van der Waals surface area contributed by atoms with Crippen LogP contribution in [-0.2, 0) is 0 Å². The molecule has 0 saturated heterocycles. The molecule has 0 aliphatic heterocycles. The van der Waals surface area contributed by atoms with Crippen LogP contribution in [0.1, 0.15) is 18.5 Å². The van der Waals surface area contributed by atoms with E-state index in [-0.39, 0.29) is 11.7 Å². The van der Waals surface area contributed by atoms with Gasteiger partial charge in [-0.1, -0.05) is 18.2 Å². The molecule has 0 bridgehead atoms. The fraction of sp³-hybridized carbons (Fsp3) is 0.200. The van der Waals surface area contributed by atoms with Crippen molar-refractivity contribution in [1.82, 2.24) is 0 Å². The molecule has 2 aromatic carbocycles. The summed E-state index contributed by atoms with van der Waals surface area (Å²) in [5.41, 5.74) is 8.42. The minimum atomic E-state index is -0.411. The highest BCUT2D eigenvalue weighted by Crippen LogP contribution is 2.33. The van der Waals surface area contributed by atoms with Crippen LogP contribution < -0.4 is 10.5 Å². The molecule has 2 aromatic rings. The lowest BCUT2D eigenvalue weighted by Crippen LogP contribution is -2.05. The van der Waals surface area contributed by atoms with Gasteiger partial charge in [-0.15, -0.1) is 0 Å². The smallest absolute Gasteiger partial charge is 0.270 e. The zero-order chi connectivity index (χ0) is 14.7. The Morgan fingerprint density at radius 2 is 2.00 bits per heavy atom. The SMILES string of the molecule is COc1ccc(C(C)N)cc1-c1cccc([N+](=O)[O-])c1. The van der Waals surface area contributed by atoms with Crippen molar-refractivity contribution >= 4 is 5.69 Å². The number of nitrogens with zero attached hydrogens (tertiary/aromatic N) is 1. The van der Waals surface area contributed by atoms with Crippen molar-refractivity contribution in [1.29, 1.82) is 0 Å². The third-order valence-corrected chi connectivity index (χ3v) is 3.12. The summed E-state index contributed by atoms with van der Waals surface area (Å²) in [6.45, 7) is 1.89. The fourth-order valence-electron chi connectivity index (χ4n) is 2.02. The number of nitro groups is 1. The monoisotopic (exact) mass is 272 g/mol. The van der Waals surface area contributed by atoms with Gasteiger partial charge in [0.25, 0.3) is 5.69 Å². The molecule has 0 aromatic heterocycles.